The van der Waals surface area contributed by atoms with Gasteiger partial charge in [-0.15, -0.1) is 11.8 Å². The van der Waals surface area contributed by atoms with Crippen molar-refractivity contribution < 1.29 is 13.6 Å². The van der Waals surface area contributed by atoms with Crippen LogP contribution in [0.5, 0.6) is 0 Å². The van der Waals surface area contributed by atoms with Crippen LogP contribution < -0.4 is 0 Å². The zero-order chi connectivity index (χ0) is 12.4. The molecule has 0 saturated carbocycles. The van der Waals surface area contributed by atoms with Crippen LogP contribution >= 0.6 is 23.5 Å². The van der Waals surface area contributed by atoms with Crippen LogP contribution in [0.1, 0.15) is 15.9 Å². The monoisotopic (exact) mass is 274 g/mol. The molecule has 1 aromatic rings. The number of aryl methyl sites for hydroxylation is 1. The van der Waals surface area contributed by atoms with Crippen molar-refractivity contribution in [3.05, 3.63) is 34.9 Å². The number of hydrogen-bond acceptors (Lipinski definition) is 3. The molecule has 0 aliphatic carbocycles. The number of hydrogen-bond donors (Lipinski definition) is 0. The summed E-state index contributed by atoms with van der Waals surface area (Å²) < 4.78 is 27.3. The largest absolute Gasteiger partial charge is 0.293 e. The average Bonchev–Trinajstić information content (AvgIpc) is 2.35. The first-order chi connectivity index (χ1) is 8.11. The van der Waals surface area contributed by atoms with Crippen molar-refractivity contribution >= 4 is 29.3 Å². The highest BCUT2D eigenvalue weighted by Crippen LogP contribution is 2.29. The molecule has 1 heterocycles. The fourth-order valence-electron chi connectivity index (χ4n) is 1.68. The van der Waals surface area contributed by atoms with E-state index in [0.29, 0.717) is 11.3 Å². The maximum atomic E-state index is 13.8. The molecule has 5 heteroatoms. The highest BCUT2D eigenvalue weighted by atomic mass is 32.2. The number of carbonyl (C=O) groups excluding carboxylic acids is 1. The molecule has 1 unspecified atom stereocenters. The average molecular weight is 274 g/mol. The molecule has 2 rings (SSSR count). The summed E-state index contributed by atoms with van der Waals surface area (Å²) >= 11 is 3.14. The van der Waals surface area contributed by atoms with Crippen LogP contribution in [0.25, 0.3) is 0 Å². The van der Waals surface area contributed by atoms with Crippen molar-refractivity contribution in [1.82, 2.24) is 0 Å². The minimum Gasteiger partial charge on any atom is -0.293 e. The third-order valence-corrected chi connectivity index (χ3v) is 5.39. The molecule has 0 amide bonds. The Morgan fingerprint density at radius 2 is 2.12 bits per heavy atom. The van der Waals surface area contributed by atoms with Gasteiger partial charge in [-0.2, -0.15) is 11.8 Å². The molecule has 0 aromatic heterocycles. The van der Waals surface area contributed by atoms with E-state index in [9.17, 15) is 13.6 Å². The third-order valence-electron chi connectivity index (χ3n) is 2.64. The molecule has 1 aliphatic rings. The van der Waals surface area contributed by atoms with Gasteiger partial charge in [0.05, 0.1) is 10.8 Å². The Hall–Kier alpha value is -0.550. The Bertz CT molecular complexity index is 442. The van der Waals surface area contributed by atoms with E-state index in [4.69, 9.17) is 0 Å². The molecule has 17 heavy (non-hydrogen) atoms. The summed E-state index contributed by atoms with van der Waals surface area (Å²) in [6.45, 7) is 1.54. The van der Waals surface area contributed by atoms with E-state index in [1.165, 1.54) is 24.8 Å². The van der Waals surface area contributed by atoms with Gasteiger partial charge in [0.25, 0.3) is 0 Å². The molecule has 1 atom stereocenters. The van der Waals surface area contributed by atoms with Crippen molar-refractivity contribution in [2.45, 2.75) is 12.2 Å². The minimum absolute atomic E-state index is 0.309. The smallest absolute Gasteiger partial charge is 0.182 e. The lowest BCUT2D eigenvalue weighted by Crippen LogP contribution is -2.26. The molecule has 0 N–H and O–H groups in total. The van der Waals surface area contributed by atoms with Crippen molar-refractivity contribution in [2.24, 2.45) is 0 Å². The van der Waals surface area contributed by atoms with Crippen molar-refractivity contribution in [3.63, 3.8) is 0 Å². The molecule has 1 fully saturated rings. The van der Waals surface area contributed by atoms with Gasteiger partial charge in [0.1, 0.15) is 11.6 Å². The first-order valence-electron chi connectivity index (χ1n) is 5.29. The van der Waals surface area contributed by atoms with E-state index in [2.05, 4.69) is 0 Å². The maximum Gasteiger partial charge on any atom is 0.182 e. The molecular weight excluding hydrogens is 262 g/mol. The summed E-state index contributed by atoms with van der Waals surface area (Å²) in [7, 11) is 0. The van der Waals surface area contributed by atoms with Gasteiger partial charge in [0.15, 0.2) is 5.78 Å². The van der Waals surface area contributed by atoms with Crippen LogP contribution in [-0.4, -0.2) is 28.3 Å². The van der Waals surface area contributed by atoms with Gasteiger partial charge in [-0.25, -0.2) is 8.78 Å². The molecule has 0 spiro atoms. The molecule has 0 radical (unpaired) electrons. The van der Waals surface area contributed by atoms with Crippen molar-refractivity contribution in [1.29, 1.82) is 0 Å². The zero-order valence-corrected chi connectivity index (χ0v) is 11.0. The highest BCUT2D eigenvalue weighted by Gasteiger charge is 2.28. The molecule has 1 aromatic carbocycles. The summed E-state index contributed by atoms with van der Waals surface area (Å²) in [5.41, 5.74) is -0.0618. The lowest BCUT2D eigenvalue weighted by Gasteiger charge is -2.20. The lowest BCUT2D eigenvalue weighted by atomic mass is 10.0. The maximum absolute atomic E-state index is 13.8. The fourth-order valence-corrected chi connectivity index (χ4v) is 4.30. The lowest BCUT2D eigenvalue weighted by molar-refractivity contribution is 0.0987. The topological polar surface area (TPSA) is 17.1 Å². The van der Waals surface area contributed by atoms with Crippen LogP contribution in [0.15, 0.2) is 12.1 Å². The van der Waals surface area contributed by atoms with Gasteiger partial charge >= 0.3 is 0 Å². The van der Waals surface area contributed by atoms with E-state index < -0.39 is 17.4 Å². The van der Waals surface area contributed by atoms with Crippen LogP contribution in [0, 0.1) is 18.6 Å². The number of ketones is 1. The predicted octanol–water partition coefficient (Wildman–Crippen LogP) is 3.30. The molecular formula is C12H12F2OS2. The number of benzene rings is 1. The van der Waals surface area contributed by atoms with Gasteiger partial charge in [-0.3, -0.25) is 4.79 Å². The number of thioether (sulfide) groups is 2. The van der Waals surface area contributed by atoms with E-state index in [1.807, 2.05) is 0 Å². The summed E-state index contributed by atoms with van der Waals surface area (Å²) in [5, 5.41) is -0.320. The van der Waals surface area contributed by atoms with E-state index in [-0.39, 0.29) is 10.8 Å². The van der Waals surface area contributed by atoms with Gasteiger partial charge in [0.2, 0.25) is 0 Å². The highest BCUT2D eigenvalue weighted by molar-refractivity contribution is 8.07. The summed E-state index contributed by atoms with van der Waals surface area (Å²) in [6, 6.07) is 2.51. The first-order valence-corrected chi connectivity index (χ1v) is 7.49. The second kappa shape index (κ2) is 5.40. The second-order valence-electron chi connectivity index (χ2n) is 3.85. The summed E-state index contributed by atoms with van der Waals surface area (Å²) in [5.74, 6) is 0.598. The van der Waals surface area contributed by atoms with Gasteiger partial charge in [-0.05, 0) is 18.6 Å². The van der Waals surface area contributed by atoms with Gasteiger partial charge < -0.3 is 0 Å². The molecule has 1 aliphatic heterocycles. The van der Waals surface area contributed by atoms with Crippen LogP contribution in [0.3, 0.4) is 0 Å². The quantitative estimate of drug-likeness (QED) is 0.770. The van der Waals surface area contributed by atoms with Gasteiger partial charge in [0, 0.05) is 17.3 Å². The molecule has 92 valence electrons. The Labute approximate surface area is 107 Å². The predicted molar refractivity (Wildman–Crippen MR) is 69.0 cm³/mol. The third kappa shape index (κ3) is 2.65. The Balaban J connectivity index is 2.32. The number of carbonyl (C=O) groups is 1. The van der Waals surface area contributed by atoms with Crippen molar-refractivity contribution in [3.8, 4) is 0 Å². The second-order valence-corrected chi connectivity index (χ2v) is 6.31. The Morgan fingerprint density at radius 1 is 1.35 bits per heavy atom. The van der Waals surface area contributed by atoms with E-state index in [1.54, 1.807) is 11.8 Å². The molecule has 1 saturated heterocycles. The van der Waals surface area contributed by atoms with E-state index >= 15 is 0 Å². The SMILES string of the molecule is Cc1ccc(F)c(C(=O)C2CSCCS2)c1F. The summed E-state index contributed by atoms with van der Waals surface area (Å²) in [4.78, 5) is 12.1. The Morgan fingerprint density at radius 3 is 2.76 bits per heavy atom. The number of halogens is 2. The standard InChI is InChI=1S/C12H12F2OS2/c1-7-2-3-8(13)10(11(7)14)12(15)9-6-16-4-5-17-9/h2-3,9H,4-6H2,1H3. The summed E-state index contributed by atoms with van der Waals surface area (Å²) in [6.07, 6.45) is 0. The van der Waals surface area contributed by atoms with Crippen LogP contribution in [0.4, 0.5) is 8.78 Å². The molecule has 1 nitrogen and oxygen atoms in total. The zero-order valence-electron chi connectivity index (χ0n) is 9.33. The Kier molecular flexibility index (Phi) is 4.09. The normalized spacial score (nSPS) is 20.3. The van der Waals surface area contributed by atoms with E-state index in [0.717, 1.165) is 17.6 Å². The fraction of sp³-hybridized carbons (Fsp3) is 0.417. The van der Waals surface area contributed by atoms with Crippen LogP contribution in [-0.2, 0) is 0 Å². The number of Topliss-reactive ketones (excluding diaryl/α,β-unsaturated/α-hetero) is 1. The molecule has 0 bridgehead atoms. The number of rotatable bonds is 2. The van der Waals surface area contributed by atoms with Crippen molar-refractivity contribution in [2.75, 3.05) is 17.3 Å². The minimum atomic E-state index is -0.755. The van der Waals surface area contributed by atoms with Crippen LogP contribution in [0.2, 0.25) is 0 Å². The van der Waals surface area contributed by atoms with Gasteiger partial charge in [-0.1, -0.05) is 6.07 Å². The first kappa shape index (κ1) is 12.9.